The van der Waals surface area contributed by atoms with Gasteiger partial charge in [0.25, 0.3) is 0 Å². The number of rotatable bonds is 10. The van der Waals surface area contributed by atoms with Crippen LogP contribution in [0.3, 0.4) is 0 Å². The van der Waals surface area contributed by atoms with E-state index in [9.17, 15) is 4.79 Å². The fourth-order valence-electron chi connectivity index (χ4n) is 3.05. The van der Waals surface area contributed by atoms with Gasteiger partial charge in [-0.2, -0.15) is 0 Å². The summed E-state index contributed by atoms with van der Waals surface area (Å²) in [4.78, 5) is 21.1. The van der Waals surface area contributed by atoms with Crippen LogP contribution in [-0.4, -0.2) is 73.2 Å². The van der Waals surface area contributed by atoms with E-state index in [2.05, 4.69) is 32.3 Å². The molecule has 0 spiro atoms. The van der Waals surface area contributed by atoms with Crippen LogP contribution in [0.25, 0.3) is 0 Å². The molecule has 2 N–H and O–H groups in total. The second-order valence-electron chi connectivity index (χ2n) is 6.49. The Bertz CT molecular complexity index is 532. The third-order valence-corrected chi connectivity index (χ3v) is 4.67. The molecule has 1 aliphatic rings. The third-order valence-electron chi connectivity index (χ3n) is 4.67. The van der Waals surface area contributed by atoms with Gasteiger partial charge < -0.3 is 25.2 Å². The minimum Gasteiger partial charge on any atom is -0.478 e. The second-order valence-corrected chi connectivity index (χ2v) is 6.49. The van der Waals surface area contributed by atoms with Crippen molar-refractivity contribution in [3.63, 3.8) is 0 Å². The summed E-state index contributed by atoms with van der Waals surface area (Å²) in [5, 5.41) is 5.78. The van der Waals surface area contributed by atoms with Crippen LogP contribution in [0.15, 0.2) is 18.3 Å². The lowest BCUT2D eigenvalue weighted by atomic mass is 10.2. The molecule has 1 fully saturated rings. The molecule has 0 aliphatic carbocycles. The lowest BCUT2D eigenvalue weighted by Gasteiger charge is -2.33. The highest BCUT2D eigenvalue weighted by molar-refractivity contribution is 5.73. The number of likely N-dealkylation sites (N-methyl/N-ethyl adjacent to an activating group) is 1. The monoisotopic (exact) mass is 363 g/mol. The number of ether oxygens (including phenoxy) is 1. The summed E-state index contributed by atoms with van der Waals surface area (Å²) in [7, 11) is 0. The summed E-state index contributed by atoms with van der Waals surface area (Å²) in [5.41, 5.74) is 0.885. The van der Waals surface area contributed by atoms with Crippen molar-refractivity contribution in [2.45, 2.75) is 33.2 Å². The predicted octanol–water partition coefficient (Wildman–Crippen LogP) is 1.70. The van der Waals surface area contributed by atoms with Crippen LogP contribution in [0.2, 0.25) is 0 Å². The molecule has 1 saturated heterocycles. The van der Waals surface area contributed by atoms with E-state index in [1.165, 1.54) is 13.1 Å². The van der Waals surface area contributed by atoms with Gasteiger partial charge >= 0.3 is 6.03 Å². The highest BCUT2D eigenvalue weighted by Crippen LogP contribution is 2.13. The molecule has 0 radical (unpaired) electrons. The Morgan fingerprint density at radius 1 is 1.15 bits per heavy atom. The van der Waals surface area contributed by atoms with Crippen molar-refractivity contribution >= 4 is 6.03 Å². The summed E-state index contributed by atoms with van der Waals surface area (Å²) < 4.78 is 5.46. The minimum absolute atomic E-state index is 0.145. The Labute approximate surface area is 157 Å². The number of nitrogens with zero attached hydrogens (tertiary/aromatic N) is 3. The molecule has 1 aromatic heterocycles. The Kier molecular flexibility index (Phi) is 9.20. The molecule has 2 rings (SSSR count). The zero-order chi connectivity index (χ0) is 18.6. The first kappa shape index (κ1) is 20.5. The van der Waals surface area contributed by atoms with Crippen molar-refractivity contribution in [1.82, 2.24) is 25.4 Å². The zero-order valence-electron chi connectivity index (χ0n) is 16.2. The molecule has 0 saturated carbocycles. The highest BCUT2D eigenvalue weighted by atomic mass is 16.5. The lowest BCUT2D eigenvalue weighted by molar-refractivity contribution is 0.135. The van der Waals surface area contributed by atoms with Gasteiger partial charge in [-0.3, -0.25) is 0 Å². The molecule has 1 aliphatic heterocycles. The van der Waals surface area contributed by atoms with Crippen LogP contribution in [-0.2, 0) is 6.54 Å². The SMILES string of the molecule is CCOc1ncccc1CNC(=O)NCCCCN1CCN(CC)CC1. The smallest absolute Gasteiger partial charge is 0.315 e. The first-order chi connectivity index (χ1) is 12.7. The largest absolute Gasteiger partial charge is 0.478 e. The lowest BCUT2D eigenvalue weighted by Crippen LogP contribution is -2.46. The number of pyridine rings is 1. The van der Waals surface area contributed by atoms with E-state index in [1.807, 2.05) is 19.1 Å². The fraction of sp³-hybridized carbons (Fsp3) is 0.684. The minimum atomic E-state index is -0.145. The van der Waals surface area contributed by atoms with Gasteiger partial charge in [0.15, 0.2) is 0 Å². The maximum atomic E-state index is 11.9. The van der Waals surface area contributed by atoms with Gasteiger partial charge in [-0.15, -0.1) is 0 Å². The molecular formula is C19H33N5O2. The van der Waals surface area contributed by atoms with Gasteiger partial charge in [-0.25, -0.2) is 9.78 Å². The number of carbonyl (C=O) groups excluding carboxylic acids is 1. The zero-order valence-corrected chi connectivity index (χ0v) is 16.2. The number of urea groups is 1. The fourth-order valence-corrected chi connectivity index (χ4v) is 3.05. The van der Waals surface area contributed by atoms with Crippen molar-refractivity contribution in [3.05, 3.63) is 23.9 Å². The van der Waals surface area contributed by atoms with E-state index in [1.54, 1.807) is 6.20 Å². The number of nitrogens with one attached hydrogen (secondary N) is 2. The number of aromatic nitrogens is 1. The molecule has 2 amide bonds. The van der Waals surface area contributed by atoms with Crippen LogP contribution in [0.5, 0.6) is 5.88 Å². The molecule has 0 atom stereocenters. The summed E-state index contributed by atoms with van der Waals surface area (Å²) in [6.07, 6.45) is 3.80. The standard InChI is InChI=1S/C19H33N5O2/c1-3-23-12-14-24(15-13-23)11-6-5-9-21-19(25)22-16-17-8-7-10-20-18(17)26-4-2/h7-8,10H,3-6,9,11-16H2,1-2H3,(H2,21,22,25). The maximum absolute atomic E-state index is 11.9. The van der Waals surface area contributed by atoms with Crippen molar-refractivity contribution in [2.24, 2.45) is 0 Å². The molecule has 7 nitrogen and oxygen atoms in total. The Morgan fingerprint density at radius 2 is 1.92 bits per heavy atom. The molecular weight excluding hydrogens is 330 g/mol. The van der Waals surface area contributed by atoms with Gasteiger partial charge in [0.05, 0.1) is 6.61 Å². The third kappa shape index (κ3) is 7.17. The summed E-state index contributed by atoms with van der Waals surface area (Å²) >= 11 is 0. The van der Waals surface area contributed by atoms with Gasteiger partial charge in [-0.1, -0.05) is 13.0 Å². The number of piperazine rings is 1. The van der Waals surface area contributed by atoms with Gasteiger partial charge in [-0.05, 0) is 38.9 Å². The maximum Gasteiger partial charge on any atom is 0.315 e. The van der Waals surface area contributed by atoms with Crippen LogP contribution < -0.4 is 15.4 Å². The van der Waals surface area contributed by atoms with E-state index in [-0.39, 0.29) is 6.03 Å². The van der Waals surface area contributed by atoms with Crippen molar-refractivity contribution in [1.29, 1.82) is 0 Å². The van der Waals surface area contributed by atoms with E-state index in [0.717, 1.165) is 44.6 Å². The molecule has 1 aromatic rings. The number of hydrogen-bond acceptors (Lipinski definition) is 5. The summed E-state index contributed by atoms with van der Waals surface area (Å²) in [6, 6.07) is 3.61. The molecule has 7 heteroatoms. The molecule has 2 heterocycles. The number of amides is 2. The van der Waals surface area contributed by atoms with Crippen molar-refractivity contribution in [2.75, 3.05) is 52.4 Å². The topological polar surface area (TPSA) is 69.7 Å². The Balaban J connectivity index is 1.54. The molecule has 0 bridgehead atoms. The van der Waals surface area contributed by atoms with Gasteiger partial charge in [0.1, 0.15) is 0 Å². The van der Waals surface area contributed by atoms with Crippen molar-refractivity contribution in [3.8, 4) is 5.88 Å². The molecule has 146 valence electrons. The van der Waals surface area contributed by atoms with Crippen LogP contribution in [0.1, 0.15) is 32.3 Å². The highest BCUT2D eigenvalue weighted by Gasteiger charge is 2.14. The van der Waals surface area contributed by atoms with E-state index in [0.29, 0.717) is 25.6 Å². The molecule has 0 aromatic carbocycles. The Hall–Kier alpha value is -1.86. The number of carbonyl (C=O) groups is 1. The number of unbranched alkanes of at least 4 members (excludes halogenated alkanes) is 1. The summed E-state index contributed by atoms with van der Waals surface area (Å²) in [5.74, 6) is 0.582. The average molecular weight is 364 g/mol. The first-order valence-electron chi connectivity index (χ1n) is 9.76. The normalized spacial score (nSPS) is 15.6. The number of hydrogen-bond donors (Lipinski definition) is 2. The van der Waals surface area contributed by atoms with Gasteiger partial charge in [0, 0.05) is 51.0 Å². The van der Waals surface area contributed by atoms with Crippen LogP contribution in [0, 0.1) is 0 Å². The van der Waals surface area contributed by atoms with Crippen LogP contribution in [0.4, 0.5) is 4.79 Å². The Morgan fingerprint density at radius 3 is 2.65 bits per heavy atom. The quantitative estimate of drug-likeness (QED) is 0.619. The average Bonchev–Trinajstić information content (AvgIpc) is 2.68. The van der Waals surface area contributed by atoms with Crippen LogP contribution >= 0.6 is 0 Å². The van der Waals surface area contributed by atoms with E-state index >= 15 is 0 Å². The second kappa shape index (κ2) is 11.7. The molecule has 0 unspecified atom stereocenters. The van der Waals surface area contributed by atoms with E-state index < -0.39 is 0 Å². The predicted molar refractivity (Wildman–Crippen MR) is 103 cm³/mol. The van der Waals surface area contributed by atoms with Gasteiger partial charge in [0.2, 0.25) is 5.88 Å². The summed E-state index contributed by atoms with van der Waals surface area (Å²) in [6.45, 7) is 12.8. The van der Waals surface area contributed by atoms with E-state index in [4.69, 9.17) is 4.74 Å². The van der Waals surface area contributed by atoms with Crippen molar-refractivity contribution < 1.29 is 9.53 Å². The first-order valence-corrected chi connectivity index (χ1v) is 9.76. The molecule has 26 heavy (non-hydrogen) atoms.